The highest BCUT2D eigenvalue weighted by Gasteiger charge is 2.34. The number of carbonyl (C=O) groups excluding carboxylic acids is 2. The highest BCUT2D eigenvalue weighted by Crippen LogP contribution is 2.36. The molecule has 0 radical (unpaired) electrons. The Morgan fingerprint density at radius 2 is 1.86 bits per heavy atom. The number of aliphatic hydroxyl groups excluding tert-OH is 1. The summed E-state index contributed by atoms with van der Waals surface area (Å²) in [5, 5.41) is 29.6. The molecule has 1 aromatic heterocycles. The first-order valence-electron chi connectivity index (χ1n) is 11.3. The number of hydrogen-bond acceptors (Lipinski definition) is 8. The molecule has 0 aliphatic carbocycles. The van der Waals surface area contributed by atoms with Gasteiger partial charge in [-0.1, -0.05) is 12.1 Å². The van der Waals surface area contributed by atoms with Crippen LogP contribution in [-0.2, 0) is 16.0 Å². The van der Waals surface area contributed by atoms with E-state index in [2.05, 4.69) is 20.7 Å². The van der Waals surface area contributed by atoms with Crippen LogP contribution >= 0.6 is 0 Å². The van der Waals surface area contributed by atoms with E-state index in [-0.39, 0.29) is 24.9 Å². The number of aromatic nitrogens is 3. The van der Waals surface area contributed by atoms with E-state index >= 15 is 0 Å². The summed E-state index contributed by atoms with van der Waals surface area (Å²) in [6.45, 7) is 3.83. The second kappa shape index (κ2) is 10.4. The lowest BCUT2D eigenvalue weighted by Crippen LogP contribution is -2.31. The van der Waals surface area contributed by atoms with Gasteiger partial charge in [-0.05, 0) is 62.2 Å². The van der Waals surface area contributed by atoms with Crippen molar-refractivity contribution in [1.29, 1.82) is 0 Å². The van der Waals surface area contributed by atoms with E-state index in [0.717, 1.165) is 5.56 Å². The summed E-state index contributed by atoms with van der Waals surface area (Å²) < 4.78 is 6.64. The van der Waals surface area contributed by atoms with E-state index in [9.17, 15) is 14.7 Å². The number of benzene rings is 2. The van der Waals surface area contributed by atoms with E-state index in [1.54, 1.807) is 67.1 Å². The molecule has 182 valence electrons. The molecule has 1 atom stereocenters. The van der Waals surface area contributed by atoms with Gasteiger partial charge in [0.1, 0.15) is 11.8 Å². The van der Waals surface area contributed by atoms with Crippen molar-refractivity contribution < 1.29 is 24.5 Å². The molecule has 4 N–H and O–H groups in total. The first kappa shape index (κ1) is 24.0. The molecule has 1 amide bonds. The number of aryl methyl sites for hydroxylation is 1. The van der Waals surface area contributed by atoms with Crippen LogP contribution in [0.25, 0.3) is 0 Å². The zero-order chi connectivity index (χ0) is 24.9. The molecule has 10 nitrogen and oxygen atoms in total. The molecule has 1 aliphatic heterocycles. The molecule has 35 heavy (non-hydrogen) atoms. The van der Waals surface area contributed by atoms with Crippen molar-refractivity contribution in [2.45, 2.75) is 32.7 Å². The summed E-state index contributed by atoms with van der Waals surface area (Å²) in [5.74, 6) is 0.371. The molecule has 1 aliphatic rings. The Balaban J connectivity index is 1.66. The normalized spacial score (nSPS) is 14.8. The van der Waals surface area contributed by atoms with E-state index < -0.39 is 12.0 Å². The van der Waals surface area contributed by atoms with Gasteiger partial charge in [0.2, 0.25) is 5.95 Å². The standard InChI is InChI=1S/C25H27N5O5/c1-3-35-24(34)17-6-10-18(11-7-17)27-23(33)21-15(2)26-25-28-20(5-4-14-31)29-30(25)22(21)16-8-12-19(32)13-9-16/h6-13,22,31-32H,3-5,14H2,1-2H3,(H,27,33)(H,26,28,29)/t22-/m0/s1. The van der Waals surface area contributed by atoms with Crippen molar-refractivity contribution in [2.24, 2.45) is 0 Å². The van der Waals surface area contributed by atoms with Gasteiger partial charge in [-0.15, -0.1) is 0 Å². The van der Waals surface area contributed by atoms with Gasteiger partial charge < -0.3 is 25.6 Å². The van der Waals surface area contributed by atoms with Gasteiger partial charge in [-0.3, -0.25) is 4.79 Å². The number of aromatic hydroxyl groups is 1. The number of nitrogens with one attached hydrogen (secondary N) is 2. The molecule has 0 bridgehead atoms. The second-order valence-electron chi connectivity index (χ2n) is 8.03. The third-order valence-electron chi connectivity index (χ3n) is 5.56. The summed E-state index contributed by atoms with van der Waals surface area (Å²) in [7, 11) is 0. The van der Waals surface area contributed by atoms with Gasteiger partial charge in [0.25, 0.3) is 5.91 Å². The first-order valence-corrected chi connectivity index (χ1v) is 11.3. The predicted octanol–water partition coefficient (Wildman–Crippen LogP) is 3.01. The lowest BCUT2D eigenvalue weighted by atomic mass is 9.95. The Kier molecular flexibility index (Phi) is 7.11. The number of carbonyl (C=O) groups is 2. The number of anilines is 2. The van der Waals surface area contributed by atoms with Crippen molar-refractivity contribution in [3.8, 4) is 5.75 Å². The summed E-state index contributed by atoms with van der Waals surface area (Å²) >= 11 is 0. The number of amides is 1. The lowest BCUT2D eigenvalue weighted by molar-refractivity contribution is -0.113. The molecular formula is C25H27N5O5. The van der Waals surface area contributed by atoms with Gasteiger partial charge in [0, 0.05) is 24.4 Å². The maximum Gasteiger partial charge on any atom is 0.338 e. The molecule has 4 rings (SSSR count). The van der Waals surface area contributed by atoms with Crippen molar-refractivity contribution in [2.75, 3.05) is 23.8 Å². The van der Waals surface area contributed by atoms with Gasteiger partial charge in [-0.25, -0.2) is 9.48 Å². The molecule has 10 heteroatoms. The van der Waals surface area contributed by atoms with E-state index in [1.165, 1.54) is 0 Å². The highest BCUT2D eigenvalue weighted by molar-refractivity contribution is 6.06. The molecule has 2 heterocycles. The fourth-order valence-corrected chi connectivity index (χ4v) is 3.90. The number of phenols is 1. The van der Waals surface area contributed by atoms with Gasteiger partial charge >= 0.3 is 5.97 Å². The molecule has 0 saturated heterocycles. The van der Waals surface area contributed by atoms with E-state index in [4.69, 9.17) is 9.84 Å². The summed E-state index contributed by atoms with van der Waals surface area (Å²) in [5.41, 5.74) is 2.69. The lowest BCUT2D eigenvalue weighted by Gasteiger charge is -2.28. The van der Waals surface area contributed by atoms with Crippen LogP contribution in [0, 0.1) is 0 Å². The van der Waals surface area contributed by atoms with Crippen LogP contribution in [0.5, 0.6) is 5.75 Å². The van der Waals surface area contributed by atoms with Crippen molar-refractivity contribution in [3.05, 3.63) is 76.8 Å². The van der Waals surface area contributed by atoms with Crippen LogP contribution in [0.2, 0.25) is 0 Å². The van der Waals surface area contributed by atoms with Crippen LogP contribution < -0.4 is 10.6 Å². The quantitative estimate of drug-likeness (QED) is 0.363. The topological polar surface area (TPSA) is 139 Å². The second-order valence-corrected chi connectivity index (χ2v) is 8.03. The zero-order valence-corrected chi connectivity index (χ0v) is 19.5. The van der Waals surface area contributed by atoms with Gasteiger partial charge in [-0.2, -0.15) is 10.1 Å². The first-order chi connectivity index (χ1) is 16.9. The van der Waals surface area contributed by atoms with Crippen LogP contribution in [0.15, 0.2) is 59.8 Å². The highest BCUT2D eigenvalue weighted by atomic mass is 16.5. The van der Waals surface area contributed by atoms with E-state index in [0.29, 0.717) is 47.1 Å². The van der Waals surface area contributed by atoms with Crippen molar-refractivity contribution in [3.63, 3.8) is 0 Å². The fourth-order valence-electron chi connectivity index (χ4n) is 3.90. The number of allylic oxidation sites excluding steroid dienone is 1. The van der Waals surface area contributed by atoms with Crippen molar-refractivity contribution >= 4 is 23.5 Å². The zero-order valence-electron chi connectivity index (χ0n) is 19.5. The fraction of sp³-hybridized carbons (Fsp3) is 0.280. The number of hydrogen-bond donors (Lipinski definition) is 4. The minimum absolute atomic E-state index is 0.0264. The predicted molar refractivity (Wildman–Crippen MR) is 129 cm³/mol. The Morgan fingerprint density at radius 1 is 1.14 bits per heavy atom. The number of phenolic OH excluding ortho intramolecular Hbond substituents is 1. The molecule has 0 saturated carbocycles. The molecule has 3 aromatic rings. The smallest absolute Gasteiger partial charge is 0.338 e. The number of rotatable bonds is 8. The Hall–Kier alpha value is -4.18. The monoisotopic (exact) mass is 477 g/mol. The van der Waals surface area contributed by atoms with Crippen LogP contribution in [-0.4, -0.2) is 50.1 Å². The Morgan fingerprint density at radius 3 is 2.51 bits per heavy atom. The summed E-state index contributed by atoms with van der Waals surface area (Å²) in [4.78, 5) is 29.9. The Bertz CT molecular complexity index is 1250. The number of aliphatic hydroxyl groups is 1. The van der Waals surface area contributed by atoms with E-state index in [1.807, 2.05) is 0 Å². The number of ether oxygens (including phenoxy) is 1. The molecular weight excluding hydrogens is 450 g/mol. The van der Waals surface area contributed by atoms with Gasteiger partial charge in [0.15, 0.2) is 5.82 Å². The Labute approximate surface area is 202 Å². The number of esters is 1. The third kappa shape index (κ3) is 5.17. The SMILES string of the molecule is CCOC(=O)c1ccc(NC(=O)C2=C(C)Nc3nc(CCCO)nn3[C@H]2c2ccc(O)cc2)cc1. The van der Waals surface area contributed by atoms with Crippen LogP contribution in [0.3, 0.4) is 0 Å². The average Bonchev–Trinajstić information content (AvgIpc) is 3.25. The van der Waals surface area contributed by atoms with Crippen LogP contribution in [0.1, 0.15) is 48.1 Å². The maximum atomic E-state index is 13.5. The van der Waals surface area contributed by atoms with Crippen molar-refractivity contribution in [1.82, 2.24) is 14.8 Å². The summed E-state index contributed by atoms with van der Waals surface area (Å²) in [6.07, 6.45) is 1.02. The maximum absolute atomic E-state index is 13.5. The largest absolute Gasteiger partial charge is 0.508 e. The number of fused-ring (bicyclic) bond motifs is 1. The number of nitrogens with zero attached hydrogens (tertiary/aromatic N) is 3. The minimum Gasteiger partial charge on any atom is -0.508 e. The van der Waals surface area contributed by atoms with Crippen LogP contribution in [0.4, 0.5) is 11.6 Å². The molecule has 2 aromatic carbocycles. The molecule has 0 spiro atoms. The minimum atomic E-state index is -0.596. The molecule has 0 fully saturated rings. The molecule has 0 unspecified atom stereocenters. The summed E-state index contributed by atoms with van der Waals surface area (Å²) in [6, 6.07) is 12.4. The van der Waals surface area contributed by atoms with Gasteiger partial charge in [0.05, 0.1) is 17.7 Å². The third-order valence-corrected chi connectivity index (χ3v) is 5.56. The average molecular weight is 478 g/mol.